The van der Waals surface area contributed by atoms with Crippen molar-refractivity contribution in [1.82, 2.24) is 9.88 Å². The monoisotopic (exact) mass is 268 g/mol. The van der Waals surface area contributed by atoms with E-state index < -0.39 is 12.0 Å². The number of carboxylic acid groups (broad SMARTS) is 1. The maximum absolute atomic E-state index is 11.7. The lowest BCUT2D eigenvalue weighted by atomic mass is 10.3. The Morgan fingerprint density at radius 1 is 1.50 bits per heavy atom. The summed E-state index contributed by atoms with van der Waals surface area (Å²) in [5.74, 6) is -0.293. The Bertz CT molecular complexity index is 411. The molecular weight excluding hydrogens is 252 g/mol. The molecule has 6 heteroatoms. The number of thioether (sulfide) groups is 1. The summed E-state index contributed by atoms with van der Waals surface area (Å²) in [6.45, 7) is 1.49. The third-order valence-corrected chi connectivity index (χ3v) is 3.48. The first-order valence-electron chi connectivity index (χ1n) is 5.48. The molecule has 0 saturated heterocycles. The quantitative estimate of drug-likeness (QED) is 0.840. The number of carbonyl (C=O) groups excluding carboxylic acids is 1. The predicted molar refractivity (Wildman–Crippen MR) is 70.3 cm³/mol. The molecule has 1 atom stereocenters. The largest absolute Gasteiger partial charge is 0.480 e. The van der Waals surface area contributed by atoms with E-state index >= 15 is 0 Å². The summed E-state index contributed by atoms with van der Waals surface area (Å²) in [6.07, 6.45) is 1.70. The number of aromatic nitrogens is 1. The Kier molecular flexibility index (Phi) is 5.64. The van der Waals surface area contributed by atoms with Crippen molar-refractivity contribution in [2.45, 2.75) is 18.7 Å². The van der Waals surface area contributed by atoms with Gasteiger partial charge in [-0.05, 0) is 19.1 Å². The van der Waals surface area contributed by atoms with Crippen LogP contribution in [0.3, 0.4) is 0 Å². The van der Waals surface area contributed by atoms with Gasteiger partial charge in [-0.15, -0.1) is 11.8 Å². The van der Waals surface area contributed by atoms with Gasteiger partial charge in [0.15, 0.2) is 0 Å². The van der Waals surface area contributed by atoms with Crippen LogP contribution in [0.4, 0.5) is 0 Å². The molecule has 0 bridgehead atoms. The SMILES string of the molecule is CC(C(=O)O)N(C)C(=O)CSCc1ccccn1. The lowest BCUT2D eigenvalue weighted by Gasteiger charge is -2.21. The molecule has 0 aliphatic carbocycles. The number of hydrogen-bond acceptors (Lipinski definition) is 4. The molecule has 98 valence electrons. The fraction of sp³-hybridized carbons (Fsp3) is 0.417. The highest BCUT2D eigenvalue weighted by Crippen LogP contribution is 2.11. The zero-order chi connectivity index (χ0) is 13.5. The minimum absolute atomic E-state index is 0.189. The van der Waals surface area contributed by atoms with Crippen LogP contribution < -0.4 is 0 Å². The van der Waals surface area contributed by atoms with Crippen molar-refractivity contribution in [1.29, 1.82) is 0 Å². The molecule has 0 aliphatic rings. The standard InChI is InChI=1S/C12H16N2O3S/c1-9(12(16)17)14(2)11(15)8-18-7-10-5-3-4-6-13-10/h3-6,9H,7-8H2,1-2H3,(H,16,17). The molecule has 1 unspecified atom stereocenters. The van der Waals surface area contributed by atoms with Gasteiger partial charge in [-0.2, -0.15) is 0 Å². The third-order valence-electron chi connectivity index (χ3n) is 2.53. The van der Waals surface area contributed by atoms with Gasteiger partial charge >= 0.3 is 5.97 Å². The van der Waals surface area contributed by atoms with Gasteiger partial charge in [0.1, 0.15) is 6.04 Å². The van der Waals surface area contributed by atoms with E-state index in [1.54, 1.807) is 6.20 Å². The lowest BCUT2D eigenvalue weighted by molar-refractivity contribution is -0.147. The van der Waals surface area contributed by atoms with E-state index in [9.17, 15) is 9.59 Å². The zero-order valence-electron chi connectivity index (χ0n) is 10.4. The Morgan fingerprint density at radius 3 is 2.78 bits per heavy atom. The number of carbonyl (C=O) groups is 2. The number of pyridine rings is 1. The van der Waals surface area contributed by atoms with E-state index in [-0.39, 0.29) is 11.7 Å². The molecule has 18 heavy (non-hydrogen) atoms. The van der Waals surface area contributed by atoms with Gasteiger partial charge in [0.25, 0.3) is 0 Å². The highest BCUT2D eigenvalue weighted by molar-refractivity contribution is 7.99. The van der Waals surface area contributed by atoms with Crippen LogP contribution in [-0.2, 0) is 15.3 Å². The van der Waals surface area contributed by atoms with Crippen LogP contribution in [0, 0.1) is 0 Å². The van der Waals surface area contributed by atoms with Crippen molar-refractivity contribution < 1.29 is 14.7 Å². The summed E-state index contributed by atoms with van der Waals surface area (Å²) in [5, 5.41) is 8.79. The van der Waals surface area contributed by atoms with E-state index in [2.05, 4.69) is 4.98 Å². The summed E-state index contributed by atoms with van der Waals surface area (Å²) in [7, 11) is 1.50. The summed E-state index contributed by atoms with van der Waals surface area (Å²) in [6, 6.07) is 4.82. The van der Waals surface area contributed by atoms with Crippen LogP contribution >= 0.6 is 11.8 Å². The van der Waals surface area contributed by atoms with E-state index in [0.29, 0.717) is 5.75 Å². The second kappa shape index (κ2) is 7.00. The van der Waals surface area contributed by atoms with Crippen LogP contribution in [0.5, 0.6) is 0 Å². The fourth-order valence-corrected chi connectivity index (χ4v) is 2.07. The average Bonchev–Trinajstić information content (AvgIpc) is 2.38. The molecule has 0 radical (unpaired) electrons. The number of likely N-dealkylation sites (N-methyl/N-ethyl adjacent to an activating group) is 1. The predicted octanol–water partition coefficient (Wildman–Crippen LogP) is 1.25. The smallest absolute Gasteiger partial charge is 0.326 e. The van der Waals surface area contributed by atoms with Gasteiger partial charge in [0, 0.05) is 19.0 Å². The summed E-state index contributed by atoms with van der Waals surface area (Å²) in [5.41, 5.74) is 0.907. The molecule has 1 rings (SSSR count). The second-order valence-corrected chi connectivity index (χ2v) is 4.82. The number of amides is 1. The number of hydrogen-bond donors (Lipinski definition) is 1. The lowest BCUT2D eigenvalue weighted by Crippen LogP contribution is -2.41. The minimum atomic E-state index is -0.999. The fourth-order valence-electron chi connectivity index (χ4n) is 1.21. The number of nitrogens with zero attached hydrogens (tertiary/aromatic N) is 2. The van der Waals surface area contributed by atoms with Crippen LogP contribution in [0.1, 0.15) is 12.6 Å². The molecule has 0 aromatic carbocycles. The Balaban J connectivity index is 2.35. The molecule has 0 fully saturated rings. The maximum atomic E-state index is 11.7. The Morgan fingerprint density at radius 2 is 2.22 bits per heavy atom. The van der Waals surface area contributed by atoms with Crippen molar-refractivity contribution >= 4 is 23.6 Å². The molecule has 1 aromatic heterocycles. The summed E-state index contributed by atoms with van der Waals surface area (Å²) in [4.78, 5) is 27.8. The van der Waals surface area contributed by atoms with E-state index in [1.807, 2.05) is 18.2 Å². The van der Waals surface area contributed by atoms with Crippen molar-refractivity contribution in [2.24, 2.45) is 0 Å². The van der Waals surface area contributed by atoms with Gasteiger partial charge in [-0.3, -0.25) is 9.78 Å². The minimum Gasteiger partial charge on any atom is -0.480 e. The van der Waals surface area contributed by atoms with Gasteiger partial charge in [0.05, 0.1) is 11.4 Å². The molecule has 1 N–H and O–H groups in total. The van der Waals surface area contributed by atoms with E-state index in [4.69, 9.17) is 5.11 Å². The molecule has 5 nitrogen and oxygen atoms in total. The normalized spacial score (nSPS) is 11.9. The first kappa shape index (κ1) is 14.5. The maximum Gasteiger partial charge on any atom is 0.326 e. The second-order valence-electron chi connectivity index (χ2n) is 3.83. The zero-order valence-corrected chi connectivity index (χ0v) is 11.2. The van der Waals surface area contributed by atoms with Crippen molar-refractivity contribution in [3.8, 4) is 0 Å². The number of aliphatic carboxylic acids is 1. The Hall–Kier alpha value is -1.56. The highest BCUT2D eigenvalue weighted by atomic mass is 32.2. The Labute approximate surface area is 110 Å². The number of carboxylic acids is 1. The molecule has 0 saturated carbocycles. The highest BCUT2D eigenvalue weighted by Gasteiger charge is 2.21. The van der Waals surface area contributed by atoms with Crippen molar-refractivity contribution in [2.75, 3.05) is 12.8 Å². The van der Waals surface area contributed by atoms with Crippen LogP contribution in [0.2, 0.25) is 0 Å². The van der Waals surface area contributed by atoms with Crippen molar-refractivity contribution in [3.63, 3.8) is 0 Å². The molecule has 1 heterocycles. The van der Waals surface area contributed by atoms with Gasteiger partial charge in [-0.1, -0.05) is 6.07 Å². The van der Waals surface area contributed by atoms with Crippen LogP contribution in [0.15, 0.2) is 24.4 Å². The topological polar surface area (TPSA) is 70.5 Å². The summed E-state index contributed by atoms with van der Waals surface area (Å²) >= 11 is 1.43. The molecule has 1 amide bonds. The van der Waals surface area contributed by atoms with Crippen LogP contribution in [-0.4, -0.2) is 45.7 Å². The van der Waals surface area contributed by atoms with Gasteiger partial charge in [-0.25, -0.2) is 4.79 Å². The van der Waals surface area contributed by atoms with E-state index in [1.165, 1.54) is 30.6 Å². The molecule has 0 aliphatic heterocycles. The third kappa shape index (κ3) is 4.37. The molecule has 1 aromatic rings. The van der Waals surface area contributed by atoms with Crippen LogP contribution in [0.25, 0.3) is 0 Å². The first-order chi connectivity index (χ1) is 8.52. The first-order valence-corrected chi connectivity index (χ1v) is 6.64. The van der Waals surface area contributed by atoms with Crippen molar-refractivity contribution in [3.05, 3.63) is 30.1 Å². The molecular formula is C12H16N2O3S. The summed E-state index contributed by atoms with van der Waals surface area (Å²) < 4.78 is 0. The van der Waals surface area contributed by atoms with E-state index in [0.717, 1.165) is 5.69 Å². The average molecular weight is 268 g/mol. The number of rotatable bonds is 6. The molecule has 0 spiro atoms. The van der Waals surface area contributed by atoms with Gasteiger partial charge in [0.2, 0.25) is 5.91 Å². The van der Waals surface area contributed by atoms with Gasteiger partial charge < -0.3 is 10.0 Å².